The van der Waals surface area contributed by atoms with E-state index in [0.717, 1.165) is 23.9 Å². The zero-order chi connectivity index (χ0) is 11.4. The van der Waals surface area contributed by atoms with Crippen LogP contribution in [0.4, 0.5) is 0 Å². The summed E-state index contributed by atoms with van der Waals surface area (Å²) in [6.07, 6.45) is 2.62. The van der Waals surface area contributed by atoms with Crippen LogP contribution in [0.2, 0.25) is 0 Å². The van der Waals surface area contributed by atoms with Crippen molar-refractivity contribution in [2.24, 2.45) is 11.8 Å². The Morgan fingerprint density at radius 1 is 1.33 bits per heavy atom. The summed E-state index contributed by atoms with van der Waals surface area (Å²) in [6, 6.07) is 1.49. The quantitative estimate of drug-likeness (QED) is 0.769. The molecule has 90 valence electrons. The minimum atomic E-state index is 0.741. The van der Waals surface area contributed by atoms with Crippen LogP contribution < -0.4 is 5.32 Å². The second-order valence-electron chi connectivity index (χ2n) is 5.68. The van der Waals surface area contributed by atoms with Crippen LogP contribution in [0, 0.1) is 11.8 Å². The van der Waals surface area contributed by atoms with Crippen LogP contribution in [0.5, 0.6) is 0 Å². The van der Waals surface area contributed by atoms with Crippen LogP contribution in [0.15, 0.2) is 0 Å². The van der Waals surface area contributed by atoms with Gasteiger partial charge in [-0.2, -0.15) is 0 Å². The lowest BCUT2D eigenvalue weighted by Gasteiger charge is -2.36. The Kier molecular flexibility index (Phi) is 5.07. The molecule has 1 aliphatic heterocycles. The van der Waals surface area contributed by atoms with Crippen molar-refractivity contribution in [3.05, 3.63) is 0 Å². The van der Waals surface area contributed by atoms with Gasteiger partial charge < -0.3 is 10.2 Å². The second-order valence-corrected chi connectivity index (χ2v) is 5.68. The second kappa shape index (κ2) is 5.86. The minimum Gasteiger partial charge on any atom is -0.314 e. The summed E-state index contributed by atoms with van der Waals surface area (Å²) in [5.41, 5.74) is 0. The summed E-state index contributed by atoms with van der Waals surface area (Å²) in [7, 11) is 2.23. The van der Waals surface area contributed by atoms with Gasteiger partial charge in [-0.05, 0) is 51.7 Å². The summed E-state index contributed by atoms with van der Waals surface area (Å²) < 4.78 is 0. The van der Waals surface area contributed by atoms with Crippen molar-refractivity contribution in [2.75, 3.05) is 20.1 Å². The summed E-state index contributed by atoms with van der Waals surface area (Å²) >= 11 is 0. The first-order valence-electron chi connectivity index (χ1n) is 6.44. The Balaban J connectivity index is 2.22. The van der Waals surface area contributed by atoms with E-state index in [-0.39, 0.29) is 0 Å². The molecule has 2 heteroatoms. The lowest BCUT2D eigenvalue weighted by molar-refractivity contribution is 0.164. The molecule has 0 spiro atoms. The Hall–Kier alpha value is -0.0800. The number of rotatable bonds is 4. The molecule has 3 atom stereocenters. The van der Waals surface area contributed by atoms with Gasteiger partial charge in [-0.1, -0.05) is 20.8 Å². The third-order valence-electron chi connectivity index (χ3n) is 4.07. The molecule has 0 radical (unpaired) electrons. The Morgan fingerprint density at radius 2 is 2.00 bits per heavy atom. The third kappa shape index (κ3) is 4.12. The predicted molar refractivity (Wildman–Crippen MR) is 67.1 cm³/mol. The van der Waals surface area contributed by atoms with Crippen molar-refractivity contribution in [1.29, 1.82) is 0 Å². The summed E-state index contributed by atoms with van der Waals surface area (Å²) in [5.74, 6) is 1.58. The van der Waals surface area contributed by atoms with Crippen molar-refractivity contribution in [3.8, 4) is 0 Å². The van der Waals surface area contributed by atoms with E-state index < -0.39 is 0 Å². The fourth-order valence-corrected chi connectivity index (χ4v) is 2.06. The number of piperidine rings is 1. The molecule has 0 aliphatic carbocycles. The SMILES string of the molecule is CC(C)C(C)CNC1CCN(C)C(C)C1. The van der Waals surface area contributed by atoms with Crippen molar-refractivity contribution < 1.29 is 0 Å². The average Bonchev–Trinajstić information content (AvgIpc) is 2.19. The van der Waals surface area contributed by atoms with Crippen molar-refractivity contribution in [1.82, 2.24) is 10.2 Å². The normalized spacial score (nSPS) is 30.8. The lowest BCUT2D eigenvalue weighted by atomic mass is 9.95. The molecule has 3 unspecified atom stereocenters. The van der Waals surface area contributed by atoms with E-state index in [1.54, 1.807) is 0 Å². The number of hydrogen-bond donors (Lipinski definition) is 1. The van der Waals surface area contributed by atoms with Gasteiger partial charge in [-0.3, -0.25) is 0 Å². The Labute approximate surface area is 95.4 Å². The molecule has 1 rings (SSSR count). The molecule has 15 heavy (non-hydrogen) atoms. The van der Waals surface area contributed by atoms with Crippen molar-refractivity contribution in [2.45, 2.75) is 52.6 Å². The molecule has 1 saturated heterocycles. The van der Waals surface area contributed by atoms with Crippen molar-refractivity contribution >= 4 is 0 Å². The van der Waals surface area contributed by atoms with Crippen LogP contribution in [0.3, 0.4) is 0 Å². The highest BCUT2D eigenvalue weighted by atomic mass is 15.1. The maximum Gasteiger partial charge on any atom is 0.00941 e. The van der Waals surface area contributed by atoms with E-state index >= 15 is 0 Å². The number of nitrogens with one attached hydrogen (secondary N) is 1. The molecule has 1 heterocycles. The smallest absolute Gasteiger partial charge is 0.00941 e. The van der Waals surface area contributed by atoms with E-state index in [2.05, 4.69) is 45.0 Å². The molecule has 0 amide bonds. The maximum absolute atomic E-state index is 3.73. The van der Waals surface area contributed by atoms with Crippen LogP contribution >= 0.6 is 0 Å². The number of likely N-dealkylation sites (tertiary alicyclic amines) is 1. The van der Waals surface area contributed by atoms with Gasteiger partial charge in [0.25, 0.3) is 0 Å². The molecule has 0 aromatic rings. The van der Waals surface area contributed by atoms with Gasteiger partial charge in [0.1, 0.15) is 0 Å². The van der Waals surface area contributed by atoms with Gasteiger partial charge in [0.2, 0.25) is 0 Å². The van der Waals surface area contributed by atoms with E-state index in [0.29, 0.717) is 0 Å². The topological polar surface area (TPSA) is 15.3 Å². The fourth-order valence-electron chi connectivity index (χ4n) is 2.06. The molecule has 0 bridgehead atoms. The molecule has 1 N–H and O–H groups in total. The average molecular weight is 212 g/mol. The predicted octanol–water partition coefficient (Wildman–Crippen LogP) is 2.35. The lowest BCUT2D eigenvalue weighted by Crippen LogP contribution is -2.46. The van der Waals surface area contributed by atoms with Crippen molar-refractivity contribution in [3.63, 3.8) is 0 Å². The molecule has 0 aromatic carbocycles. The standard InChI is InChI=1S/C13H28N2/c1-10(2)11(3)9-14-13-6-7-15(5)12(4)8-13/h10-14H,6-9H2,1-5H3. The Morgan fingerprint density at radius 3 is 2.53 bits per heavy atom. The highest BCUT2D eigenvalue weighted by Gasteiger charge is 2.22. The summed E-state index contributed by atoms with van der Waals surface area (Å²) in [5, 5.41) is 3.73. The molecule has 1 aliphatic rings. The van der Waals surface area contributed by atoms with Gasteiger partial charge in [0.15, 0.2) is 0 Å². The van der Waals surface area contributed by atoms with Gasteiger partial charge in [-0.15, -0.1) is 0 Å². The highest BCUT2D eigenvalue weighted by molar-refractivity contribution is 4.81. The molecule has 2 nitrogen and oxygen atoms in total. The molecule has 0 aromatic heterocycles. The molecule has 1 fully saturated rings. The first-order valence-corrected chi connectivity index (χ1v) is 6.44. The molecule has 0 saturated carbocycles. The monoisotopic (exact) mass is 212 g/mol. The van der Waals surface area contributed by atoms with Gasteiger partial charge in [0, 0.05) is 12.1 Å². The van der Waals surface area contributed by atoms with E-state index in [1.807, 2.05) is 0 Å². The maximum atomic E-state index is 3.73. The first-order chi connectivity index (χ1) is 7.00. The number of nitrogens with zero attached hydrogens (tertiary/aromatic N) is 1. The van der Waals surface area contributed by atoms with Crippen LogP contribution in [-0.2, 0) is 0 Å². The third-order valence-corrected chi connectivity index (χ3v) is 4.07. The van der Waals surface area contributed by atoms with E-state index in [1.165, 1.54) is 25.9 Å². The molecular formula is C13H28N2. The zero-order valence-corrected chi connectivity index (χ0v) is 11.1. The minimum absolute atomic E-state index is 0.741. The van der Waals surface area contributed by atoms with Gasteiger partial charge >= 0.3 is 0 Å². The fraction of sp³-hybridized carbons (Fsp3) is 1.00. The van der Waals surface area contributed by atoms with Gasteiger partial charge in [-0.25, -0.2) is 0 Å². The Bertz CT molecular complexity index is 179. The van der Waals surface area contributed by atoms with Crippen LogP contribution in [0.25, 0.3) is 0 Å². The number of hydrogen-bond acceptors (Lipinski definition) is 2. The van der Waals surface area contributed by atoms with E-state index in [4.69, 9.17) is 0 Å². The summed E-state index contributed by atoms with van der Waals surface area (Å²) in [4.78, 5) is 2.46. The summed E-state index contributed by atoms with van der Waals surface area (Å²) in [6.45, 7) is 11.7. The molecular weight excluding hydrogens is 184 g/mol. The van der Waals surface area contributed by atoms with Crippen LogP contribution in [-0.4, -0.2) is 37.1 Å². The van der Waals surface area contributed by atoms with Crippen LogP contribution in [0.1, 0.15) is 40.5 Å². The highest BCUT2D eigenvalue weighted by Crippen LogP contribution is 2.16. The largest absolute Gasteiger partial charge is 0.314 e. The van der Waals surface area contributed by atoms with Gasteiger partial charge in [0.05, 0.1) is 0 Å². The zero-order valence-electron chi connectivity index (χ0n) is 11.1. The first kappa shape index (κ1) is 13.0. The van der Waals surface area contributed by atoms with E-state index in [9.17, 15) is 0 Å².